The molecule has 9 heteroatoms. The SMILES string of the molecule is Cc1nnc(CN=C(NCC2CCCO2)N2CCC(C3CCOCC3)C2)n1C.I. The van der Waals surface area contributed by atoms with Crippen molar-refractivity contribution in [2.45, 2.75) is 51.7 Å². The van der Waals surface area contributed by atoms with E-state index in [2.05, 4.69) is 20.4 Å². The van der Waals surface area contributed by atoms with Gasteiger partial charge in [0.1, 0.15) is 12.4 Å². The van der Waals surface area contributed by atoms with E-state index in [-0.39, 0.29) is 24.0 Å². The number of rotatable bonds is 5. The van der Waals surface area contributed by atoms with Gasteiger partial charge in [0.2, 0.25) is 0 Å². The van der Waals surface area contributed by atoms with Gasteiger partial charge in [-0.1, -0.05) is 0 Å². The molecule has 3 fully saturated rings. The van der Waals surface area contributed by atoms with Crippen molar-refractivity contribution in [3.8, 4) is 0 Å². The fraction of sp³-hybridized carbons (Fsp3) is 0.850. The first-order chi connectivity index (χ1) is 13.7. The van der Waals surface area contributed by atoms with E-state index >= 15 is 0 Å². The molecule has 4 heterocycles. The number of aromatic nitrogens is 3. The molecule has 0 aliphatic carbocycles. The number of halogens is 1. The molecule has 0 spiro atoms. The fourth-order valence-corrected chi connectivity index (χ4v) is 4.56. The predicted molar refractivity (Wildman–Crippen MR) is 122 cm³/mol. The molecule has 2 atom stereocenters. The summed E-state index contributed by atoms with van der Waals surface area (Å²) < 4.78 is 13.4. The van der Waals surface area contributed by atoms with Crippen LogP contribution in [0.15, 0.2) is 4.99 Å². The van der Waals surface area contributed by atoms with Gasteiger partial charge in [0.05, 0.1) is 6.10 Å². The molecular weight excluding hydrogens is 483 g/mol. The highest BCUT2D eigenvalue weighted by molar-refractivity contribution is 14.0. The quantitative estimate of drug-likeness (QED) is 0.366. The van der Waals surface area contributed by atoms with E-state index in [1.807, 2.05) is 18.5 Å². The molecule has 0 bridgehead atoms. The number of likely N-dealkylation sites (tertiary alicyclic amines) is 1. The molecule has 1 aromatic heterocycles. The van der Waals surface area contributed by atoms with Gasteiger partial charge in [0.15, 0.2) is 11.8 Å². The van der Waals surface area contributed by atoms with Crippen molar-refractivity contribution in [1.29, 1.82) is 0 Å². The lowest BCUT2D eigenvalue weighted by Crippen LogP contribution is -2.43. The molecular formula is C20H35IN6O2. The van der Waals surface area contributed by atoms with Gasteiger partial charge in [-0.3, -0.25) is 0 Å². The maximum Gasteiger partial charge on any atom is 0.194 e. The molecule has 1 aromatic rings. The molecule has 3 saturated heterocycles. The smallest absolute Gasteiger partial charge is 0.194 e. The Bertz CT molecular complexity index is 670. The normalized spacial score (nSPS) is 26.0. The van der Waals surface area contributed by atoms with Crippen LogP contribution in [0.2, 0.25) is 0 Å². The summed E-state index contributed by atoms with van der Waals surface area (Å²) in [5.74, 6) is 4.34. The summed E-state index contributed by atoms with van der Waals surface area (Å²) in [6.07, 6.45) is 6.24. The minimum atomic E-state index is 0. The predicted octanol–water partition coefficient (Wildman–Crippen LogP) is 2.11. The van der Waals surface area contributed by atoms with E-state index in [0.717, 1.165) is 81.7 Å². The maximum absolute atomic E-state index is 5.79. The molecule has 29 heavy (non-hydrogen) atoms. The van der Waals surface area contributed by atoms with Crippen molar-refractivity contribution < 1.29 is 9.47 Å². The summed E-state index contributed by atoms with van der Waals surface area (Å²) in [4.78, 5) is 7.35. The number of ether oxygens (including phenoxy) is 2. The lowest BCUT2D eigenvalue weighted by atomic mass is 9.85. The van der Waals surface area contributed by atoms with Gasteiger partial charge in [-0.2, -0.15) is 0 Å². The third-order valence-corrected chi connectivity index (χ3v) is 6.52. The highest BCUT2D eigenvalue weighted by Gasteiger charge is 2.32. The molecule has 0 aromatic carbocycles. The van der Waals surface area contributed by atoms with Gasteiger partial charge in [0, 0.05) is 46.5 Å². The summed E-state index contributed by atoms with van der Waals surface area (Å²) in [6.45, 7) is 8.22. The summed E-state index contributed by atoms with van der Waals surface area (Å²) >= 11 is 0. The first-order valence-corrected chi connectivity index (χ1v) is 10.8. The van der Waals surface area contributed by atoms with Gasteiger partial charge in [-0.15, -0.1) is 34.2 Å². The number of guanidine groups is 1. The van der Waals surface area contributed by atoms with Crippen LogP contribution in [0.4, 0.5) is 0 Å². The Hall–Kier alpha value is -0.940. The minimum Gasteiger partial charge on any atom is -0.381 e. The van der Waals surface area contributed by atoms with Crippen LogP contribution >= 0.6 is 24.0 Å². The molecule has 0 radical (unpaired) electrons. The zero-order chi connectivity index (χ0) is 19.3. The van der Waals surface area contributed by atoms with Gasteiger partial charge in [-0.25, -0.2) is 4.99 Å². The molecule has 4 rings (SSSR count). The largest absolute Gasteiger partial charge is 0.381 e. The van der Waals surface area contributed by atoms with E-state index in [4.69, 9.17) is 14.5 Å². The summed E-state index contributed by atoms with van der Waals surface area (Å²) in [6, 6.07) is 0. The third-order valence-electron chi connectivity index (χ3n) is 6.52. The fourth-order valence-electron chi connectivity index (χ4n) is 4.56. The topological polar surface area (TPSA) is 76.8 Å². The maximum atomic E-state index is 5.79. The molecule has 8 nitrogen and oxygen atoms in total. The molecule has 164 valence electrons. The second kappa shape index (κ2) is 10.9. The highest BCUT2D eigenvalue weighted by Crippen LogP contribution is 2.31. The Labute approximate surface area is 190 Å². The second-order valence-electron chi connectivity index (χ2n) is 8.32. The Balaban J connectivity index is 0.00000240. The average molecular weight is 518 g/mol. The number of hydrogen-bond donors (Lipinski definition) is 1. The van der Waals surface area contributed by atoms with Gasteiger partial charge in [-0.05, 0) is 50.9 Å². The first kappa shape index (κ1) is 22.7. The Kier molecular flexibility index (Phi) is 8.55. The van der Waals surface area contributed by atoms with Crippen LogP contribution in [-0.4, -0.2) is 71.2 Å². The summed E-state index contributed by atoms with van der Waals surface area (Å²) in [5.41, 5.74) is 0. The van der Waals surface area contributed by atoms with Crippen LogP contribution < -0.4 is 5.32 Å². The first-order valence-electron chi connectivity index (χ1n) is 10.8. The number of nitrogens with zero attached hydrogens (tertiary/aromatic N) is 5. The molecule has 3 aliphatic rings. The van der Waals surface area contributed by atoms with Crippen LogP contribution in [0, 0.1) is 18.8 Å². The van der Waals surface area contributed by atoms with Crippen molar-refractivity contribution in [2.75, 3.05) is 39.5 Å². The average Bonchev–Trinajstić information content (AvgIpc) is 3.47. The van der Waals surface area contributed by atoms with Crippen LogP contribution in [0.5, 0.6) is 0 Å². The molecule has 2 unspecified atom stereocenters. The van der Waals surface area contributed by atoms with E-state index in [9.17, 15) is 0 Å². The van der Waals surface area contributed by atoms with Crippen LogP contribution in [-0.2, 0) is 23.1 Å². The second-order valence-corrected chi connectivity index (χ2v) is 8.32. The third kappa shape index (κ3) is 5.81. The monoisotopic (exact) mass is 518 g/mol. The van der Waals surface area contributed by atoms with E-state index in [1.165, 1.54) is 19.3 Å². The molecule has 0 saturated carbocycles. The molecule has 1 N–H and O–H groups in total. The molecule has 3 aliphatic heterocycles. The van der Waals surface area contributed by atoms with Crippen LogP contribution in [0.3, 0.4) is 0 Å². The van der Waals surface area contributed by atoms with E-state index < -0.39 is 0 Å². The zero-order valence-electron chi connectivity index (χ0n) is 17.7. The number of hydrogen-bond acceptors (Lipinski definition) is 5. The van der Waals surface area contributed by atoms with Crippen molar-refractivity contribution in [1.82, 2.24) is 25.0 Å². The Morgan fingerprint density at radius 1 is 1.14 bits per heavy atom. The van der Waals surface area contributed by atoms with Crippen molar-refractivity contribution >= 4 is 29.9 Å². The minimum absolute atomic E-state index is 0. The summed E-state index contributed by atoms with van der Waals surface area (Å²) in [5, 5.41) is 12.0. The van der Waals surface area contributed by atoms with Crippen LogP contribution in [0.1, 0.15) is 43.8 Å². The molecule has 0 amide bonds. The van der Waals surface area contributed by atoms with Gasteiger partial charge >= 0.3 is 0 Å². The van der Waals surface area contributed by atoms with E-state index in [1.54, 1.807) is 0 Å². The van der Waals surface area contributed by atoms with Gasteiger partial charge in [0.25, 0.3) is 0 Å². The van der Waals surface area contributed by atoms with Crippen LogP contribution in [0.25, 0.3) is 0 Å². The van der Waals surface area contributed by atoms with Crippen molar-refractivity contribution in [3.05, 3.63) is 11.6 Å². The Morgan fingerprint density at radius 2 is 1.97 bits per heavy atom. The Morgan fingerprint density at radius 3 is 2.66 bits per heavy atom. The summed E-state index contributed by atoms with van der Waals surface area (Å²) in [7, 11) is 2.00. The zero-order valence-corrected chi connectivity index (χ0v) is 20.0. The number of nitrogens with one attached hydrogen (secondary N) is 1. The number of aliphatic imine (C=N–C) groups is 1. The van der Waals surface area contributed by atoms with Crippen molar-refractivity contribution in [3.63, 3.8) is 0 Å². The number of aryl methyl sites for hydroxylation is 1. The lowest BCUT2D eigenvalue weighted by Gasteiger charge is -2.28. The van der Waals surface area contributed by atoms with Gasteiger partial charge < -0.3 is 24.3 Å². The lowest BCUT2D eigenvalue weighted by molar-refractivity contribution is 0.0487. The highest BCUT2D eigenvalue weighted by atomic mass is 127. The standard InChI is InChI=1S/C20H34N6O2.HI/c1-15-23-24-19(25(15)2)13-22-20(21-12-18-4-3-9-28-18)26-8-5-17(14-26)16-6-10-27-11-7-16;/h16-18H,3-14H2,1-2H3,(H,21,22);1H. The van der Waals surface area contributed by atoms with E-state index in [0.29, 0.717) is 12.6 Å². The van der Waals surface area contributed by atoms with Crippen molar-refractivity contribution in [2.24, 2.45) is 23.9 Å².